The molecule has 0 aliphatic rings. The van der Waals surface area contributed by atoms with Crippen LogP contribution in [0.3, 0.4) is 0 Å². The lowest BCUT2D eigenvalue weighted by Gasteiger charge is -2.14. The molecule has 0 aliphatic carbocycles. The molecule has 3 nitrogen and oxygen atoms in total. The van der Waals surface area contributed by atoms with Crippen LogP contribution in [0.15, 0.2) is 40.9 Å². The van der Waals surface area contributed by atoms with Gasteiger partial charge in [-0.15, -0.1) is 0 Å². The van der Waals surface area contributed by atoms with Crippen molar-refractivity contribution in [3.63, 3.8) is 0 Å². The van der Waals surface area contributed by atoms with Crippen LogP contribution in [-0.4, -0.2) is 6.61 Å². The number of benzene rings is 2. The van der Waals surface area contributed by atoms with Crippen LogP contribution in [0.4, 0.5) is 4.39 Å². The monoisotopic (exact) mass is 353 g/mol. The van der Waals surface area contributed by atoms with E-state index in [1.807, 2.05) is 31.2 Å². The summed E-state index contributed by atoms with van der Waals surface area (Å²) in [5.41, 5.74) is 7.33. The Kier molecular flexibility index (Phi) is 5.59. The highest BCUT2D eigenvalue weighted by Crippen LogP contribution is 2.30. The van der Waals surface area contributed by atoms with E-state index in [0.29, 0.717) is 29.1 Å². The number of nitrogens with two attached hydrogens (primary N) is 1. The molecule has 0 atom stereocenters. The van der Waals surface area contributed by atoms with Gasteiger partial charge in [0.1, 0.15) is 12.4 Å². The minimum atomic E-state index is -0.306. The van der Waals surface area contributed by atoms with Crippen LogP contribution in [0, 0.1) is 5.82 Å². The first-order valence-electron chi connectivity index (χ1n) is 6.67. The van der Waals surface area contributed by atoms with Crippen molar-refractivity contribution in [2.24, 2.45) is 5.73 Å². The van der Waals surface area contributed by atoms with Crippen LogP contribution in [0.25, 0.3) is 0 Å². The summed E-state index contributed by atoms with van der Waals surface area (Å²) in [6, 6.07) is 10.4. The molecule has 0 heterocycles. The van der Waals surface area contributed by atoms with Gasteiger partial charge in [0.05, 0.1) is 11.1 Å². The third-order valence-electron chi connectivity index (χ3n) is 2.96. The van der Waals surface area contributed by atoms with E-state index in [1.165, 1.54) is 6.07 Å². The highest BCUT2D eigenvalue weighted by Gasteiger charge is 2.09. The Labute approximate surface area is 132 Å². The van der Waals surface area contributed by atoms with Gasteiger partial charge in [-0.1, -0.05) is 18.2 Å². The molecule has 2 N–H and O–H groups in total. The molecule has 21 heavy (non-hydrogen) atoms. The summed E-state index contributed by atoms with van der Waals surface area (Å²) in [6.45, 7) is 3.13. The molecule has 112 valence electrons. The summed E-state index contributed by atoms with van der Waals surface area (Å²) in [7, 11) is 0. The first-order valence-corrected chi connectivity index (χ1v) is 7.46. The molecule has 2 rings (SSSR count). The average Bonchev–Trinajstić information content (AvgIpc) is 2.50. The lowest BCUT2D eigenvalue weighted by atomic mass is 10.2. The molecule has 0 saturated heterocycles. The molecular formula is C16H17BrFNO2. The molecule has 0 fully saturated rings. The molecule has 2 aromatic rings. The van der Waals surface area contributed by atoms with E-state index in [4.69, 9.17) is 15.2 Å². The Bertz CT molecular complexity index is 619. The van der Waals surface area contributed by atoms with Crippen LogP contribution in [0.5, 0.6) is 11.5 Å². The van der Waals surface area contributed by atoms with Gasteiger partial charge in [0.15, 0.2) is 11.5 Å². The Morgan fingerprint density at radius 1 is 1.14 bits per heavy atom. The molecule has 0 unspecified atom stereocenters. The van der Waals surface area contributed by atoms with Gasteiger partial charge in [-0.25, -0.2) is 4.39 Å². The van der Waals surface area contributed by atoms with Gasteiger partial charge in [-0.2, -0.15) is 0 Å². The molecular weight excluding hydrogens is 337 g/mol. The summed E-state index contributed by atoms with van der Waals surface area (Å²) in [5, 5.41) is 0. The van der Waals surface area contributed by atoms with Gasteiger partial charge in [0.2, 0.25) is 0 Å². The molecule has 0 aromatic heterocycles. The highest BCUT2D eigenvalue weighted by molar-refractivity contribution is 9.10. The number of hydrogen-bond donors (Lipinski definition) is 1. The van der Waals surface area contributed by atoms with E-state index in [9.17, 15) is 4.39 Å². The minimum absolute atomic E-state index is 0.250. The maximum atomic E-state index is 13.5. The molecule has 0 bridgehead atoms. The third kappa shape index (κ3) is 3.95. The van der Waals surface area contributed by atoms with Crippen LogP contribution < -0.4 is 15.2 Å². The van der Waals surface area contributed by atoms with Gasteiger partial charge >= 0.3 is 0 Å². The van der Waals surface area contributed by atoms with Crippen molar-refractivity contribution < 1.29 is 13.9 Å². The zero-order valence-corrected chi connectivity index (χ0v) is 13.3. The molecule has 0 aliphatic heterocycles. The van der Waals surface area contributed by atoms with E-state index >= 15 is 0 Å². The normalized spacial score (nSPS) is 10.5. The molecule has 0 spiro atoms. The predicted molar refractivity (Wildman–Crippen MR) is 83.9 cm³/mol. The quantitative estimate of drug-likeness (QED) is 0.852. The standard InChI is InChI=1S/C16H17BrFNO2/c1-2-20-15-8-11(9-19)6-7-14(15)21-10-12-4-3-5-13(18)16(12)17/h3-8H,2,9-10,19H2,1H3. The number of halogens is 2. The molecule has 2 aromatic carbocycles. The summed E-state index contributed by atoms with van der Waals surface area (Å²) < 4.78 is 25.2. The van der Waals surface area contributed by atoms with Crippen LogP contribution in [0.1, 0.15) is 18.1 Å². The average molecular weight is 354 g/mol. The second-order valence-corrected chi connectivity index (χ2v) is 5.21. The van der Waals surface area contributed by atoms with Crippen LogP contribution >= 0.6 is 15.9 Å². The van der Waals surface area contributed by atoms with Crippen molar-refractivity contribution >= 4 is 15.9 Å². The lowest BCUT2D eigenvalue weighted by Crippen LogP contribution is -2.03. The lowest BCUT2D eigenvalue weighted by molar-refractivity contribution is 0.268. The van der Waals surface area contributed by atoms with Crippen molar-refractivity contribution in [1.82, 2.24) is 0 Å². The Balaban J connectivity index is 2.17. The molecule has 0 saturated carbocycles. The second-order valence-electron chi connectivity index (χ2n) is 4.42. The van der Waals surface area contributed by atoms with Gasteiger partial charge in [0, 0.05) is 12.1 Å². The van der Waals surface area contributed by atoms with E-state index in [2.05, 4.69) is 15.9 Å². The number of ether oxygens (including phenoxy) is 2. The summed E-state index contributed by atoms with van der Waals surface area (Å²) in [4.78, 5) is 0. The zero-order valence-electron chi connectivity index (χ0n) is 11.7. The van der Waals surface area contributed by atoms with Crippen molar-refractivity contribution in [3.05, 3.63) is 57.8 Å². The summed E-state index contributed by atoms with van der Waals surface area (Å²) in [6.07, 6.45) is 0. The van der Waals surface area contributed by atoms with E-state index < -0.39 is 0 Å². The van der Waals surface area contributed by atoms with Crippen LogP contribution in [-0.2, 0) is 13.2 Å². The van der Waals surface area contributed by atoms with Crippen molar-refractivity contribution in [1.29, 1.82) is 0 Å². The van der Waals surface area contributed by atoms with Gasteiger partial charge < -0.3 is 15.2 Å². The van der Waals surface area contributed by atoms with Gasteiger partial charge in [0.25, 0.3) is 0 Å². The molecule has 0 radical (unpaired) electrons. The highest BCUT2D eigenvalue weighted by atomic mass is 79.9. The minimum Gasteiger partial charge on any atom is -0.490 e. The maximum Gasteiger partial charge on any atom is 0.161 e. The SMILES string of the molecule is CCOc1cc(CN)ccc1OCc1cccc(F)c1Br. The van der Waals surface area contributed by atoms with Crippen molar-refractivity contribution in [3.8, 4) is 11.5 Å². The van der Waals surface area contributed by atoms with Crippen LogP contribution in [0.2, 0.25) is 0 Å². The van der Waals surface area contributed by atoms with Crippen molar-refractivity contribution in [2.75, 3.05) is 6.61 Å². The van der Waals surface area contributed by atoms with Crippen molar-refractivity contribution in [2.45, 2.75) is 20.1 Å². The predicted octanol–water partition coefficient (Wildman–Crippen LogP) is 4.02. The fourth-order valence-electron chi connectivity index (χ4n) is 1.88. The van der Waals surface area contributed by atoms with E-state index in [1.54, 1.807) is 6.07 Å². The third-order valence-corrected chi connectivity index (χ3v) is 3.85. The maximum absolute atomic E-state index is 13.5. The zero-order chi connectivity index (χ0) is 15.2. The molecule has 5 heteroatoms. The number of hydrogen-bond acceptors (Lipinski definition) is 3. The van der Waals surface area contributed by atoms with E-state index in [-0.39, 0.29) is 12.4 Å². The Morgan fingerprint density at radius 2 is 1.95 bits per heavy atom. The largest absolute Gasteiger partial charge is 0.490 e. The number of rotatable bonds is 6. The second kappa shape index (κ2) is 7.43. The first kappa shape index (κ1) is 15.8. The fourth-order valence-corrected chi connectivity index (χ4v) is 2.26. The first-order chi connectivity index (χ1) is 10.2. The van der Waals surface area contributed by atoms with E-state index in [0.717, 1.165) is 11.1 Å². The summed E-state index contributed by atoms with van der Waals surface area (Å²) in [5.74, 6) is 0.956. The Morgan fingerprint density at radius 3 is 2.67 bits per heavy atom. The summed E-state index contributed by atoms with van der Waals surface area (Å²) >= 11 is 3.22. The fraction of sp³-hybridized carbons (Fsp3) is 0.250. The Hall–Kier alpha value is -1.59. The van der Waals surface area contributed by atoms with Gasteiger partial charge in [-0.05, 0) is 46.6 Å². The topological polar surface area (TPSA) is 44.5 Å². The van der Waals surface area contributed by atoms with Gasteiger partial charge in [-0.3, -0.25) is 0 Å². The smallest absolute Gasteiger partial charge is 0.161 e. The molecule has 0 amide bonds.